The summed E-state index contributed by atoms with van der Waals surface area (Å²) in [6, 6.07) is 91.5. The molecule has 2 aromatic heterocycles. The lowest BCUT2D eigenvalue weighted by Crippen LogP contribution is -2.63. The molecule has 512 valence electrons. The van der Waals surface area contributed by atoms with E-state index < -0.39 is 46.3 Å². The summed E-state index contributed by atoms with van der Waals surface area (Å²) in [5.41, 5.74) is 11.5. The molecule has 0 aliphatic carbocycles. The maximum Gasteiger partial charge on any atom is 0.488 e. The smallest absolute Gasteiger partial charge is 0.423 e. The van der Waals surface area contributed by atoms with Crippen molar-refractivity contribution in [2.45, 2.75) is 23.3 Å². The van der Waals surface area contributed by atoms with E-state index in [1.165, 1.54) is 30.3 Å². The van der Waals surface area contributed by atoms with E-state index >= 15 is 0 Å². The molecule has 0 amide bonds. The van der Waals surface area contributed by atoms with Crippen LogP contribution in [-0.4, -0.2) is 78.8 Å². The number of hydrogen-bond donors (Lipinski definition) is 2. The number of alkyl halides is 9. The summed E-state index contributed by atoms with van der Waals surface area (Å²) < 4.78 is 150. The molecule has 12 aromatic carbocycles. The quantitative estimate of drug-likeness (QED) is 0.0557. The van der Waals surface area contributed by atoms with E-state index in [9.17, 15) is 53.2 Å². The molecule has 0 unspecified atom stereocenters. The van der Waals surface area contributed by atoms with Gasteiger partial charge < -0.3 is 14.2 Å². The van der Waals surface area contributed by atoms with Gasteiger partial charge in [-0.2, -0.15) is 58.5 Å². The fourth-order valence-electron chi connectivity index (χ4n) is 11.1. The standard InChI is InChI=1S/C38H24N4.C35H20F9N3O3S.C7H6BNO2/c39-25-26-10-9-15-31(24-26)33-23-22-32(34-16-7-8-17-35(33)34)27-18-20-30(21-19-27)38-41-36(28-11-3-1-4-12-28)40-37(42-38)29-13-5-2-6-14-29;36-32(37,34(40,41)42)33(38,39)35(43,44)51(48,49)50-28-20-19-25(26-13-7-8-14-27(26)28)21-15-17-24(18-16-21)31-46-29(22-9-3-1-4-10-22)45-30(47-31)23-11-5-2-6-12-23;9-5-6-2-1-3-7(4-6)8(10)11/h1-24H;1-20H;1-4,10-11H. The lowest BCUT2D eigenvalue weighted by Gasteiger charge is -2.32. The van der Waals surface area contributed by atoms with Gasteiger partial charge in [0.2, 0.25) is 0 Å². The first kappa shape index (κ1) is 71.1. The molecule has 0 radical (unpaired) electrons. The number of halogens is 9. The van der Waals surface area contributed by atoms with Crippen LogP contribution < -0.4 is 9.65 Å². The molecule has 0 spiro atoms. The van der Waals surface area contributed by atoms with Crippen molar-refractivity contribution in [1.29, 1.82) is 10.5 Å². The van der Waals surface area contributed by atoms with Crippen LogP contribution in [0.1, 0.15) is 11.1 Å². The van der Waals surface area contributed by atoms with Crippen LogP contribution in [0.15, 0.2) is 291 Å². The first-order valence-electron chi connectivity index (χ1n) is 31.4. The van der Waals surface area contributed by atoms with Crippen LogP contribution in [0.4, 0.5) is 39.5 Å². The molecule has 0 aliphatic rings. The van der Waals surface area contributed by atoms with Crippen molar-refractivity contribution in [3.63, 3.8) is 0 Å². The van der Waals surface area contributed by atoms with Gasteiger partial charge >= 0.3 is 40.5 Å². The van der Waals surface area contributed by atoms with Gasteiger partial charge in [-0.25, -0.2) is 29.9 Å². The molecule has 2 N–H and O–H groups in total. The highest BCUT2D eigenvalue weighted by atomic mass is 32.2. The van der Waals surface area contributed by atoms with Crippen molar-refractivity contribution >= 4 is 44.2 Å². The Labute approximate surface area is 589 Å². The molecule has 13 nitrogen and oxygen atoms in total. The first-order chi connectivity index (χ1) is 49.9. The molecule has 2 heterocycles. The minimum Gasteiger partial charge on any atom is -0.423 e. The van der Waals surface area contributed by atoms with Crippen molar-refractivity contribution < 1.29 is 62.2 Å². The first-order valence-corrected chi connectivity index (χ1v) is 32.9. The van der Waals surface area contributed by atoms with Gasteiger partial charge in [-0.1, -0.05) is 255 Å². The number of rotatable bonds is 15. The molecule has 0 saturated heterocycles. The Morgan fingerprint density at radius 3 is 0.990 bits per heavy atom. The van der Waals surface area contributed by atoms with Crippen molar-refractivity contribution in [3.8, 4) is 120 Å². The summed E-state index contributed by atoms with van der Waals surface area (Å²) in [6.45, 7) is 0. The Kier molecular flexibility index (Phi) is 20.4. The molecule has 0 fully saturated rings. The predicted molar refractivity (Wildman–Crippen MR) is 380 cm³/mol. The molecular formula is C80H50BF9N8O5S. The monoisotopic (exact) mass is 1420 g/mol. The van der Waals surface area contributed by atoms with Crippen LogP contribution in [0.3, 0.4) is 0 Å². The van der Waals surface area contributed by atoms with E-state index in [1.807, 2.05) is 146 Å². The second-order valence-electron chi connectivity index (χ2n) is 23.1. The van der Waals surface area contributed by atoms with Crippen molar-refractivity contribution in [1.82, 2.24) is 29.9 Å². The molecule has 104 heavy (non-hydrogen) atoms. The fraction of sp³-hybridized carbons (Fsp3) is 0.0500. The molecule has 0 bridgehead atoms. The van der Waals surface area contributed by atoms with E-state index in [0.29, 0.717) is 68.2 Å². The Hall–Kier alpha value is -12.7. The van der Waals surface area contributed by atoms with Crippen LogP contribution in [0, 0.1) is 22.7 Å². The Balaban J connectivity index is 0.000000172. The Morgan fingerprint density at radius 1 is 0.327 bits per heavy atom. The number of benzene rings is 12. The number of nitriles is 2. The topological polar surface area (TPSA) is 209 Å². The summed E-state index contributed by atoms with van der Waals surface area (Å²) in [6.07, 6.45) is -7.21. The average Bonchev–Trinajstić information content (AvgIpc) is 0.720. The fourth-order valence-corrected chi connectivity index (χ4v) is 12.0. The average molecular weight is 1420 g/mol. The molecular weight excluding hydrogens is 1370 g/mol. The van der Waals surface area contributed by atoms with Crippen molar-refractivity contribution in [3.05, 3.63) is 302 Å². The molecule has 0 saturated carbocycles. The van der Waals surface area contributed by atoms with Crippen LogP contribution in [0.25, 0.3) is 123 Å². The van der Waals surface area contributed by atoms with E-state index in [2.05, 4.69) is 91.9 Å². The number of aromatic nitrogens is 6. The molecule has 14 aromatic rings. The summed E-state index contributed by atoms with van der Waals surface area (Å²) >= 11 is 0. The summed E-state index contributed by atoms with van der Waals surface area (Å²) in [5, 5.41) is 30.4. The summed E-state index contributed by atoms with van der Waals surface area (Å²) in [7, 11) is -8.65. The van der Waals surface area contributed by atoms with Crippen LogP contribution in [-0.2, 0) is 10.1 Å². The highest BCUT2D eigenvalue weighted by Crippen LogP contribution is 2.55. The maximum absolute atomic E-state index is 14.4. The minimum absolute atomic E-state index is 0.131. The van der Waals surface area contributed by atoms with Crippen molar-refractivity contribution in [2.24, 2.45) is 0 Å². The lowest BCUT2D eigenvalue weighted by molar-refractivity contribution is -0.382. The third-order valence-electron chi connectivity index (χ3n) is 16.4. The summed E-state index contributed by atoms with van der Waals surface area (Å²) in [5.74, 6) is -12.8. The SMILES string of the molecule is N#Cc1cccc(-c2ccc(-c3ccc(-c4nc(-c5ccccc5)nc(-c5ccccc5)n4)cc3)c3ccccc23)c1.N#Cc1cccc(B(O)O)c1.O=S(=O)(Oc1ccc(-c2ccc(-c3nc(-c4ccccc4)nc(-c4ccccc4)n3)cc2)c2ccccc12)C(F)(F)C(F)(F)C(F)(F)C(F)(F)F. The van der Waals surface area contributed by atoms with Crippen LogP contribution in [0.5, 0.6) is 5.75 Å². The van der Waals surface area contributed by atoms with Gasteiger partial charge in [0.1, 0.15) is 0 Å². The van der Waals surface area contributed by atoms with Gasteiger partial charge in [-0.15, -0.1) is 0 Å². The van der Waals surface area contributed by atoms with Gasteiger partial charge in [-0.05, 0) is 91.4 Å². The Bertz CT molecular complexity index is 5540. The van der Waals surface area contributed by atoms with Crippen molar-refractivity contribution in [2.75, 3.05) is 0 Å². The zero-order valence-electron chi connectivity index (χ0n) is 53.8. The lowest BCUT2D eigenvalue weighted by atomic mass is 9.80. The molecule has 14 rings (SSSR count). The largest absolute Gasteiger partial charge is 0.488 e. The van der Waals surface area contributed by atoms with E-state index in [1.54, 1.807) is 42.5 Å². The van der Waals surface area contributed by atoms with Gasteiger partial charge in [0.25, 0.3) is 0 Å². The van der Waals surface area contributed by atoms with Gasteiger partial charge in [0.05, 0.1) is 23.3 Å². The van der Waals surface area contributed by atoms with Crippen LogP contribution >= 0.6 is 0 Å². The van der Waals surface area contributed by atoms with E-state index in [4.69, 9.17) is 30.3 Å². The zero-order valence-corrected chi connectivity index (χ0v) is 54.6. The Morgan fingerprint density at radius 2 is 0.625 bits per heavy atom. The van der Waals surface area contributed by atoms with E-state index in [0.717, 1.165) is 73.0 Å². The number of fused-ring (bicyclic) bond motifs is 2. The van der Waals surface area contributed by atoms with Gasteiger partial charge in [-0.3, -0.25) is 0 Å². The molecule has 24 heteroatoms. The summed E-state index contributed by atoms with van der Waals surface area (Å²) in [4.78, 5) is 28.5. The molecule has 0 atom stereocenters. The molecule has 0 aliphatic heterocycles. The van der Waals surface area contributed by atoms with Gasteiger partial charge in [0, 0.05) is 38.8 Å². The predicted octanol–water partition coefficient (Wildman–Crippen LogP) is 18.3. The maximum atomic E-state index is 14.4. The second kappa shape index (κ2) is 29.8. The third kappa shape index (κ3) is 14.9. The van der Waals surface area contributed by atoms with Crippen LogP contribution in [0.2, 0.25) is 0 Å². The highest BCUT2D eigenvalue weighted by Gasteiger charge is 2.86. The zero-order chi connectivity index (χ0) is 73.4. The number of nitrogens with zero attached hydrogens (tertiary/aromatic N) is 8. The second-order valence-corrected chi connectivity index (χ2v) is 24.7. The normalized spacial score (nSPS) is 11.7. The van der Waals surface area contributed by atoms with E-state index in [-0.39, 0.29) is 10.8 Å². The number of hydrogen-bond acceptors (Lipinski definition) is 13. The third-order valence-corrected chi connectivity index (χ3v) is 17.6. The minimum atomic E-state index is -7.43. The van der Waals surface area contributed by atoms with Gasteiger partial charge in [0.15, 0.2) is 40.7 Å². The highest BCUT2D eigenvalue weighted by molar-refractivity contribution is 7.88.